The molecule has 1 N–H and O–H groups in total. The molecule has 2 amide bonds. The Morgan fingerprint density at radius 1 is 1.12 bits per heavy atom. The molecule has 0 bridgehead atoms. The van der Waals surface area contributed by atoms with Gasteiger partial charge in [-0.15, -0.1) is 11.3 Å². The van der Waals surface area contributed by atoms with Gasteiger partial charge in [0, 0.05) is 35.9 Å². The molecule has 2 aromatic rings. The van der Waals surface area contributed by atoms with E-state index in [1.807, 2.05) is 19.1 Å². The van der Waals surface area contributed by atoms with Crippen LogP contribution in [0, 0.1) is 12.7 Å². The van der Waals surface area contributed by atoms with Crippen molar-refractivity contribution in [2.75, 3.05) is 26.2 Å². The summed E-state index contributed by atoms with van der Waals surface area (Å²) >= 11 is 1.63. The molecule has 140 valence electrons. The number of thiophene rings is 1. The Labute approximate surface area is 156 Å². The topological polar surface area (TPSA) is 69.7 Å². The monoisotopic (exact) mass is 397 g/mol. The van der Waals surface area contributed by atoms with Gasteiger partial charge in [0.05, 0.1) is 11.4 Å². The first-order chi connectivity index (χ1) is 12.4. The van der Waals surface area contributed by atoms with Crippen LogP contribution in [0.4, 0.5) is 9.18 Å². The van der Waals surface area contributed by atoms with E-state index in [1.54, 1.807) is 16.2 Å². The molecule has 1 aromatic carbocycles. The smallest absolute Gasteiger partial charge is 0.317 e. The number of carbonyl (C=O) groups is 1. The van der Waals surface area contributed by atoms with Gasteiger partial charge in [0.1, 0.15) is 5.82 Å². The Bertz CT molecular complexity index is 873. The number of nitrogens with one attached hydrogen (secondary N) is 1. The maximum atomic E-state index is 13.0. The van der Waals surface area contributed by atoms with Crippen molar-refractivity contribution < 1.29 is 17.6 Å². The van der Waals surface area contributed by atoms with Gasteiger partial charge in [0.2, 0.25) is 10.0 Å². The number of amides is 2. The number of carbonyl (C=O) groups excluding carboxylic acids is 1. The van der Waals surface area contributed by atoms with E-state index >= 15 is 0 Å². The molecule has 26 heavy (non-hydrogen) atoms. The minimum absolute atomic E-state index is 0.0601. The summed E-state index contributed by atoms with van der Waals surface area (Å²) < 4.78 is 39.5. The Kier molecular flexibility index (Phi) is 5.59. The number of aryl methyl sites for hydroxylation is 1. The fraction of sp³-hybridized carbons (Fsp3) is 0.353. The van der Waals surface area contributed by atoms with Gasteiger partial charge >= 0.3 is 6.03 Å². The molecule has 0 spiro atoms. The van der Waals surface area contributed by atoms with Gasteiger partial charge in [-0.3, -0.25) is 0 Å². The fourth-order valence-corrected chi connectivity index (χ4v) is 4.99. The van der Waals surface area contributed by atoms with Crippen LogP contribution in [0.15, 0.2) is 41.3 Å². The molecule has 1 fully saturated rings. The first-order valence-electron chi connectivity index (χ1n) is 8.20. The lowest BCUT2D eigenvalue weighted by Gasteiger charge is -2.34. The van der Waals surface area contributed by atoms with Crippen molar-refractivity contribution in [2.24, 2.45) is 0 Å². The Morgan fingerprint density at radius 2 is 1.77 bits per heavy atom. The highest BCUT2D eigenvalue weighted by Crippen LogP contribution is 2.18. The lowest BCUT2D eigenvalue weighted by Crippen LogP contribution is -2.52. The molecule has 3 rings (SSSR count). The second-order valence-electron chi connectivity index (χ2n) is 6.02. The highest BCUT2D eigenvalue weighted by Gasteiger charge is 2.30. The van der Waals surface area contributed by atoms with Crippen molar-refractivity contribution in [3.63, 3.8) is 0 Å². The van der Waals surface area contributed by atoms with Gasteiger partial charge in [-0.05, 0) is 43.3 Å². The molecule has 1 aliphatic rings. The molecule has 0 aliphatic carbocycles. The maximum absolute atomic E-state index is 13.0. The Morgan fingerprint density at radius 3 is 2.35 bits per heavy atom. The van der Waals surface area contributed by atoms with Crippen molar-refractivity contribution in [3.8, 4) is 0 Å². The van der Waals surface area contributed by atoms with Gasteiger partial charge in [0.25, 0.3) is 0 Å². The third kappa shape index (κ3) is 4.22. The molecule has 1 saturated heterocycles. The second-order valence-corrected chi connectivity index (χ2v) is 9.33. The van der Waals surface area contributed by atoms with Crippen LogP contribution in [0.25, 0.3) is 0 Å². The Balaban J connectivity index is 1.54. The van der Waals surface area contributed by atoms with E-state index in [0.29, 0.717) is 19.6 Å². The zero-order chi connectivity index (χ0) is 18.7. The van der Waals surface area contributed by atoms with E-state index in [9.17, 15) is 17.6 Å². The first kappa shape index (κ1) is 18.8. The van der Waals surface area contributed by atoms with Gasteiger partial charge in [-0.25, -0.2) is 17.6 Å². The fourth-order valence-electron chi connectivity index (χ4n) is 2.74. The summed E-state index contributed by atoms with van der Waals surface area (Å²) in [6, 6.07) is 8.55. The predicted molar refractivity (Wildman–Crippen MR) is 98.0 cm³/mol. The number of rotatable bonds is 4. The molecule has 1 aromatic heterocycles. The zero-order valence-corrected chi connectivity index (χ0v) is 15.9. The molecule has 9 heteroatoms. The summed E-state index contributed by atoms with van der Waals surface area (Å²) in [5, 5.41) is 2.86. The maximum Gasteiger partial charge on any atom is 0.317 e. The normalized spacial score (nSPS) is 15.8. The van der Waals surface area contributed by atoms with E-state index < -0.39 is 15.8 Å². The Hall–Kier alpha value is -1.97. The highest BCUT2D eigenvalue weighted by atomic mass is 32.2. The van der Waals surface area contributed by atoms with Crippen LogP contribution in [0.1, 0.15) is 9.75 Å². The predicted octanol–water partition coefficient (Wildman–Crippen LogP) is 2.41. The van der Waals surface area contributed by atoms with Crippen molar-refractivity contribution >= 4 is 27.4 Å². The van der Waals surface area contributed by atoms with Crippen molar-refractivity contribution in [3.05, 3.63) is 52.0 Å². The van der Waals surface area contributed by atoms with Crippen LogP contribution in [-0.4, -0.2) is 49.8 Å². The van der Waals surface area contributed by atoms with Crippen LogP contribution in [0.5, 0.6) is 0 Å². The van der Waals surface area contributed by atoms with E-state index in [-0.39, 0.29) is 24.0 Å². The summed E-state index contributed by atoms with van der Waals surface area (Å²) in [6.07, 6.45) is 0. The molecule has 0 saturated carbocycles. The van der Waals surface area contributed by atoms with E-state index in [4.69, 9.17) is 0 Å². The van der Waals surface area contributed by atoms with E-state index in [2.05, 4.69) is 5.32 Å². The molecule has 0 radical (unpaired) electrons. The number of benzene rings is 1. The minimum atomic E-state index is -3.67. The number of halogens is 1. The zero-order valence-electron chi connectivity index (χ0n) is 14.3. The third-order valence-electron chi connectivity index (χ3n) is 4.19. The first-order valence-corrected chi connectivity index (χ1v) is 10.5. The van der Waals surface area contributed by atoms with Gasteiger partial charge in [0.15, 0.2) is 0 Å². The molecule has 2 heterocycles. The van der Waals surface area contributed by atoms with E-state index in [0.717, 1.165) is 17.0 Å². The molecular formula is C17H20FN3O3S2. The van der Waals surface area contributed by atoms with E-state index in [1.165, 1.54) is 21.3 Å². The molecule has 1 aliphatic heterocycles. The summed E-state index contributed by atoms with van der Waals surface area (Å²) in [4.78, 5) is 16.2. The van der Waals surface area contributed by atoms with Gasteiger partial charge < -0.3 is 10.2 Å². The SMILES string of the molecule is Cc1ccc(CNC(=O)N2CCN(S(=O)(=O)c3ccc(F)cc3)CC2)s1. The minimum Gasteiger partial charge on any atom is -0.333 e. The molecular weight excluding hydrogens is 377 g/mol. The third-order valence-corrected chi connectivity index (χ3v) is 7.10. The number of hydrogen-bond acceptors (Lipinski definition) is 4. The molecule has 6 nitrogen and oxygen atoms in total. The number of sulfonamides is 1. The molecule has 0 unspecified atom stereocenters. The van der Waals surface area contributed by atoms with Crippen molar-refractivity contribution in [1.82, 2.24) is 14.5 Å². The number of urea groups is 1. The number of piperazine rings is 1. The summed E-state index contributed by atoms with van der Waals surface area (Å²) in [5.74, 6) is -0.480. The van der Waals surface area contributed by atoms with Crippen molar-refractivity contribution in [2.45, 2.75) is 18.4 Å². The van der Waals surface area contributed by atoms with Gasteiger partial charge in [-0.2, -0.15) is 4.31 Å². The second kappa shape index (κ2) is 7.73. The largest absolute Gasteiger partial charge is 0.333 e. The lowest BCUT2D eigenvalue weighted by molar-refractivity contribution is 0.172. The number of hydrogen-bond donors (Lipinski definition) is 1. The number of nitrogens with zero attached hydrogens (tertiary/aromatic N) is 2. The summed E-state index contributed by atoms with van der Waals surface area (Å²) in [5.41, 5.74) is 0. The van der Waals surface area contributed by atoms with Crippen LogP contribution in [-0.2, 0) is 16.6 Å². The standard InChI is InChI=1S/C17H20FN3O3S2/c1-13-2-5-15(25-13)12-19-17(22)20-8-10-21(11-9-20)26(23,24)16-6-3-14(18)4-7-16/h2-7H,8-12H2,1H3,(H,19,22). The van der Waals surface area contributed by atoms with Crippen molar-refractivity contribution in [1.29, 1.82) is 0 Å². The average molecular weight is 397 g/mol. The average Bonchev–Trinajstić information content (AvgIpc) is 3.05. The summed E-state index contributed by atoms with van der Waals surface area (Å²) in [6.45, 7) is 3.53. The van der Waals surface area contributed by atoms with Crippen LogP contribution < -0.4 is 5.32 Å². The van der Waals surface area contributed by atoms with Crippen LogP contribution in [0.2, 0.25) is 0 Å². The van der Waals surface area contributed by atoms with Crippen LogP contribution >= 0.6 is 11.3 Å². The quantitative estimate of drug-likeness (QED) is 0.861. The summed E-state index contributed by atoms with van der Waals surface area (Å²) in [7, 11) is -3.67. The lowest BCUT2D eigenvalue weighted by atomic mass is 10.3. The van der Waals surface area contributed by atoms with Crippen LogP contribution in [0.3, 0.4) is 0 Å². The highest BCUT2D eigenvalue weighted by molar-refractivity contribution is 7.89. The molecule has 0 atom stereocenters. The van der Waals surface area contributed by atoms with Gasteiger partial charge in [-0.1, -0.05) is 0 Å².